The minimum Gasteiger partial charge on any atom is -0.391 e. The Hall–Kier alpha value is -0.930. The van der Waals surface area contributed by atoms with Gasteiger partial charge in [-0.15, -0.1) is 0 Å². The molecule has 1 aromatic heterocycles. The summed E-state index contributed by atoms with van der Waals surface area (Å²) < 4.78 is 0. The maximum Gasteiger partial charge on any atom is 0.0708 e. The van der Waals surface area contributed by atoms with Crippen molar-refractivity contribution in [2.75, 3.05) is 6.54 Å². The van der Waals surface area contributed by atoms with E-state index in [4.69, 9.17) is 0 Å². The second-order valence-corrected chi connectivity index (χ2v) is 3.93. The molecule has 1 aromatic rings. The molecule has 0 amide bonds. The monoisotopic (exact) mass is 192 g/mol. The van der Waals surface area contributed by atoms with Crippen molar-refractivity contribution in [3.05, 3.63) is 29.6 Å². The molecule has 0 bridgehead atoms. The van der Waals surface area contributed by atoms with Crippen molar-refractivity contribution in [2.24, 2.45) is 0 Å². The van der Waals surface area contributed by atoms with Crippen molar-refractivity contribution in [3.8, 4) is 0 Å². The summed E-state index contributed by atoms with van der Waals surface area (Å²) in [5.74, 6) is 0. The molecule has 1 aliphatic heterocycles. The number of hydrogen-bond acceptors (Lipinski definition) is 3. The molecule has 1 fully saturated rings. The zero-order valence-corrected chi connectivity index (χ0v) is 8.40. The highest BCUT2D eigenvalue weighted by Gasteiger charge is 2.24. The van der Waals surface area contributed by atoms with Crippen LogP contribution < -0.4 is 5.32 Å². The van der Waals surface area contributed by atoms with Crippen LogP contribution in [0.4, 0.5) is 0 Å². The van der Waals surface area contributed by atoms with Crippen LogP contribution in [0.3, 0.4) is 0 Å². The van der Waals surface area contributed by atoms with E-state index in [1.165, 1.54) is 5.56 Å². The van der Waals surface area contributed by atoms with Crippen LogP contribution in [0.2, 0.25) is 0 Å². The van der Waals surface area contributed by atoms with E-state index < -0.39 is 0 Å². The molecule has 2 N–H and O–H groups in total. The highest BCUT2D eigenvalue weighted by Crippen LogP contribution is 2.12. The Balaban J connectivity index is 2.00. The number of pyridine rings is 1. The van der Waals surface area contributed by atoms with Gasteiger partial charge in [-0.05, 0) is 37.9 Å². The standard InChI is InChI=1S/C11H16N2O/c1-8-2-3-9(7-13-8)6-10-11(14)4-5-12-10/h2-3,7,10-12,14H,4-6H2,1H3. The Bertz CT molecular complexity index is 297. The molecule has 0 saturated carbocycles. The van der Waals surface area contributed by atoms with Gasteiger partial charge in [0, 0.05) is 17.9 Å². The molecule has 2 heterocycles. The van der Waals surface area contributed by atoms with Crippen molar-refractivity contribution >= 4 is 0 Å². The summed E-state index contributed by atoms with van der Waals surface area (Å²) in [4.78, 5) is 4.24. The zero-order chi connectivity index (χ0) is 9.97. The summed E-state index contributed by atoms with van der Waals surface area (Å²) in [6.07, 6.45) is 3.43. The summed E-state index contributed by atoms with van der Waals surface area (Å²) >= 11 is 0. The van der Waals surface area contributed by atoms with Crippen LogP contribution in [0.1, 0.15) is 17.7 Å². The van der Waals surface area contributed by atoms with Gasteiger partial charge >= 0.3 is 0 Å². The van der Waals surface area contributed by atoms with E-state index in [-0.39, 0.29) is 12.1 Å². The normalized spacial score (nSPS) is 26.7. The number of nitrogens with zero attached hydrogens (tertiary/aromatic N) is 1. The molecule has 0 radical (unpaired) electrons. The van der Waals surface area contributed by atoms with Gasteiger partial charge in [0.05, 0.1) is 6.10 Å². The number of aliphatic hydroxyl groups is 1. The second kappa shape index (κ2) is 4.07. The number of rotatable bonds is 2. The molecular formula is C11H16N2O. The number of aryl methyl sites for hydroxylation is 1. The predicted octanol–water partition coefficient (Wildman–Crippen LogP) is 0.655. The Morgan fingerprint density at radius 1 is 1.57 bits per heavy atom. The molecule has 3 nitrogen and oxygen atoms in total. The average molecular weight is 192 g/mol. The lowest BCUT2D eigenvalue weighted by Crippen LogP contribution is -2.32. The summed E-state index contributed by atoms with van der Waals surface area (Å²) in [6.45, 7) is 2.90. The lowest BCUT2D eigenvalue weighted by atomic mass is 10.0. The van der Waals surface area contributed by atoms with Gasteiger partial charge in [-0.2, -0.15) is 0 Å². The molecule has 2 atom stereocenters. The third kappa shape index (κ3) is 2.11. The van der Waals surface area contributed by atoms with Crippen molar-refractivity contribution in [3.63, 3.8) is 0 Å². The van der Waals surface area contributed by atoms with Crippen molar-refractivity contribution in [1.29, 1.82) is 0 Å². The molecule has 76 valence electrons. The first kappa shape index (κ1) is 9.62. The fraction of sp³-hybridized carbons (Fsp3) is 0.545. The highest BCUT2D eigenvalue weighted by molar-refractivity contribution is 5.15. The van der Waals surface area contributed by atoms with Gasteiger partial charge in [-0.25, -0.2) is 0 Å². The third-order valence-electron chi connectivity index (χ3n) is 2.74. The van der Waals surface area contributed by atoms with Crippen LogP contribution >= 0.6 is 0 Å². The first-order valence-corrected chi connectivity index (χ1v) is 5.08. The number of aromatic nitrogens is 1. The molecule has 14 heavy (non-hydrogen) atoms. The number of aliphatic hydroxyl groups excluding tert-OH is 1. The molecule has 0 aliphatic carbocycles. The van der Waals surface area contributed by atoms with Crippen molar-refractivity contribution in [2.45, 2.75) is 31.9 Å². The highest BCUT2D eigenvalue weighted by atomic mass is 16.3. The molecule has 2 unspecified atom stereocenters. The fourth-order valence-corrected chi connectivity index (χ4v) is 1.84. The van der Waals surface area contributed by atoms with Crippen LogP contribution in [0.15, 0.2) is 18.3 Å². The smallest absolute Gasteiger partial charge is 0.0708 e. The molecule has 1 aliphatic rings. The average Bonchev–Trinajstić information content (AvgIpc) is 2.56. The Labute approximate surface area is 84.2 Å². The summed E-state index contributed by atoms with van der Waals surface area (Å²) in [7, 11) is 0. The Morgan fingerprint density at radius 3 is 3.00 bits per heavy atom. The maximum absolute atomic E-state index is 9.62. The SMILES string of the molecule is Cc1ccc(CC2NCCC2O)cn1. The molecule has 3 heteroatoms. The first-order chi connectivity index (χ1) is 6.75. The maximum atomic E-state index is 9.62. The van der Waals surface area contributed by atoms with Crippen LogP contribution in [0.25, 0.3) is 0 Å². The van der Waals surface area contributed by atoms with Crippen molar-refractivity contribution < 1.29 is 5.11 Å². The lowest BCUT2D eigenvalue weighted by Gasteiger charge is -2.14. The molecule has 2 rings (SSSR count). The largest absolute Gasteiger partial charge is 0.391 e. The zero-order valence-electron chi connectivity index (χ0n) is 8.40. The van der Waals surface area contributed by atoms with Crippen LogP contribution in [0, 0.1) is 6.92 Å². The van der Waals surface area contributed by atoms with E-state index in [0.717, 1.165) is 25.1 Å². The quantitative estimate of drug-likeness (QED) is 0.723. The van der Waals surface area contributed by atoms with Gasteiger partial charge in [-0.3, -0.25) is 4.98 Å². The summed E-state index contributed by atoms with van der Waals surface area (Å²) in [5.41, 5.74) is 2.22. The minimum atomic E-state index is -0.198. The van der Waals surface area contributed by atoms with Crippen molar-refractivity contribution in [1.82, 2.24) is 10.3 Å². The van der Waals surface area contributed by atoms with Gasteiger partial charge in [0.1, 0.15) is 0 Å². The lowest BCUT2D eigenvalue weighted by molar-refractivity contribution is 0.159. The number of hydrogen-bond donors (Lipinski definition) is 2. The topological polar surface area (TPSA) is 45.1 Å². The first-order valence-electron chi connectivity index (χ1n) is 5.08. The summed E-state index contributed by atoms with van der Waals surface area (Å²) in [5, 5.41) is 12.9. The third-order valence-corrected chi connectivity index (χ3v) is 2.74. The van der Waals surface area contributed by atoms with Gasteiger partial charge < -0.3 is 10.4 Å². The van der Waals surface area contributed by atoms with Gasteiger partial charge in [-0.1, -0.05) is 6.07 Å². The molecular weight excluding hydrogens is 176 g/mol. The number of nitrogens with one attached hydrogen (secondary N) is 1. The Morgan fingerprint density at radius 2 is 2.43 bits per heavy atom. The van der Waals surface area contributed by atoms with Crippen LogP contribution in [-0.4, -0.2) is 28.8 Å². The van der Waals surface area contributed by atoms with E-state index in [0.29, 0.717) is 0 Å². The van der Waals surface area contributed by atoms with E-state index in [1.54, 1.807) is 0 Å². The predicted molar refractivity (Wildman–Crippen MR) is 55.1 cm³/mol. The van der Waals surface area contributed by atoms with E-state index in [2.05, 4.69) is 16.4 Å². The van der Waals surface area contributed by atoms with E-state index in [9.17, 15) is 5.11 Å². The van der Waals surface area contributed by atoms with Gasteiger partial charge in [0.2, 0.25) is 0 Å². The fourth-order valence-electron chi connectivity index (χ4n) is 1.84. The molecule has 0 aromatic carbocycles. The summed E-state index contributed by atoms with van der Waals surface area (Å²) in [6, 6.07) is 4.30. The second-order valence-electron chi connectivity index (χ2n) is 3.93. The van der Waals surface area contributed by atoms with E-state index >= 15 is 0 Å². The minimum absolute atomic E-state index is 0.198. The van der Waals surface area contributed by atoms with E-state index in [1.807, 2.05) is 19.2 Å². The molecule has 1 saturated heterocycles. The van der Waals surface area contributed by atoms with Gasteiger partial charge in [0.15, 0.2) is 0 Å². The van der Waals surface area contributed by atoms with Crippen LogP contribution in [-0.2, 0) is 6.42 Å². The van der Waals surface area contributed by atoms with Crippen LogP contribution in [0.5, 0.6) is 0 Å². The Kier molecular flexibility index (Phi) is 2.79. The molecule has 0 spiro atoms. The van der Waals surface area contributed by atoms with Gasteiger partial charge in [0.25, 0.3) is 0 Å².